The van der Waals surface area contributed by atoms with E-state index in [4.69, 9.17) is 9.52 Å². The predicted octanol–water partition coefficient (Wildman–Crippen LogP) is 4.44. The van der Waals surface area contributed by atoms with Crippen molar-refractivity contribution in [2.24, 2.45) is 5.92 Å². The highest BCUT2D eigenvalue weighted by Crippen LogP contribution is 2.25. The Morgan fingerprint density at radius 2 is 2.10 bits per heavy atom. The summed E-state index contributed by atoms with van der Waals surface area (Å²) in [5.74, 6) is 1.59. The van der Waals surface area contributed by atoms with Crippen molar-refractivity contribution >= 4 is 5.91 Å². The minimum Gasteiger partial charge on any atom is -0.420 e. The number of aryl methyl sites for hydroxylation is 2. The van der Waals surface area contributed by atoms with Crippen molar-refractivity contribution in [1.82, 2.24) is 24.9 Å². The number of hydrogen-bond acceptors (Lipinski definition) is 5. The molecule has 30 heavy (non-hydrogen) atoms. The van der Waals surface area contributed by atoms with Crippen LogP contribution < -0.4 is 0 Å². The first kappa shape index (κ1) is 20.3. The standard InChI is InChI=1S/C23H29N5O2/c1-15(2)10-11-20-14-21(22-25-24-17(4)30-22)26-28(20)19-9-5-8-18(13-19)23(29)27-12-6-7-16(27)3/h5,8-9,13-16H,6-7,10-12H2,1-4H3/t16-/m1/s1. The summed E-state index contributed by atoms with van der Waals surface area (Å²) in [5, 5.41) is 12.8. The Labute approximate surface area is 177 Å². The molecule has 1 fully saturated rings. The van der Waals surface area contributed by atoms with Gasteiger partial charge in [-0.2, -0.15) is 5.10 Å². The highest BCUT2D eigenvalue weighted by Gasteiger charge is 2.26. The highest BCUT2D eigenvalue weighted by atomic mass is 16.4. The van der Waals surface area contributed by atoms with Crippen LogP contribution >= 0.6 is 0 Å². The van der Waals surface area contributed by atoms with Gasteiger partial charge in [-0.15, -0.1) is 10.2 Å². The van der Waals surface area contributed by atoms with Gasteiger partial charge in [0.1, 0.15) is 5.69 Å². The fraction of sp³-hybridized carbons (Fsp3) is 0.478. The van der Waals surface area contributed by atoms with Gasteiger partial charge in [-0.05, 0) is 62.8 Å². The van der Waals surface area contributed by atoms with Gasteiger partial charge < -0.3 is 9.32 Å². The topological polar surface area (TPSA) is 77.1 Å². The van der Waals surface area contributed by atoms with E-state index in [1.807, 2.05) is 39.9 Å². The van der Waals surface area contributed by atoms with Gasteiger partial charge >= 0.3 is 0 Å². The zero-order valence-electron chi connectivity index (χ0n) is 18.1. The molecule has 1 aliphatic heterocycles. The summed E-state index contributed by atoms with van der Waals surface area (Å²) in [6.07, 6.45) is 4.05. The molecule has 0 N–H and O–H groups in total. The molecule has 1 amide bonds. The Morgan fingerprint density at radius 1 is 1.27 bits per heavy atom. The number of benzene rings is 1. The maximum absolute atomic E-state index is 13.0. The second-order valence-electron chi connectivity index (χ2n) is 8.53. The second kappa shape index (κ2) is 8.42. The summed E-state index contributed by atoms with van der Waals surface area (Å²) in [6, 6.07) is 10.0. The number of carbonyl (C=O) groups excluding carboxylic acids is 1. The number of aromatic nitrogens is 4. The zero-order valence-corrected chi connectivity index (χ0v) is 18.1. The van der Waals surface area contributed by atoms with Gasteiger partial charge in [-0.1, -0.05) is 19.9 Å². The van der Waals surface area contributed by atoms with E-state index in [-0.39, 0.29) is 5.91 Å². The van der Waals surface area contributed by atoms with Crippen molar-refractivity contribution in [3.63, 3.8) is 0 Å². The van der Waals surface area contributed by atoms with E-state index in [9.17, 15) is 4.79 Å². The minimum absolute atomic E-state index is 0.0884. The number of carbonyl (C=O) groups is 1. The molecule has 7 heteroatoms. The van der Waals surface area contributed by atoms with Crippen molar-refractivity contribution in [3.8, 4) is 17.3 Å². The highest BCUT2D eigenvalue weighted by molar-refractivity contribution is 5.95. The number of hydrogen-bond donors (Lipinski definition) is 0. The van der Waals surface area contributed by atoms with Crippen molar-refractivity contribution in [3.05, 3.63) is 47.5 Å². The summed E-state index contributed by atoms with van der Waals surface area (Å²) >= 11 is 0. The van der Waals surface area contributed by atoms with E-state index in [1.54, 1.807) is 6.92 Å². The first-order valence-corrected chi connectivity index (χ1v) is 10.7. The lowest BCUT2D eigenvalue weighted by Gasteiger charge is -2.21. The third kappa shape index (κ3) is 4.15. The molecule has 4 rings (SSSR count). The summed E-state index contributed by atoms with van der Waals surface area (Å²) in [5.41, 5.74) is 3.28. The summed E-state index contributed by atoms with van der Waals surface area (Å²) in [4.78, 5) is 15.0. The van der Waals surface area contributed by atoms with E-state index in [2.05, 4.69) is 31.0 Å². The molecule has 158 valence electrons. The molecule has 0 unspecified atom stereocenters. The molecule has 3 aromatic rings. The smallest absolute Gasteiger partial charge is 0.268 e. The van der Waals surface area contributed by atoms with Crippen LogP contribution in [0.2, 0.25) is 0 Å². The summed E-state index contributed by atoms with van der Waals surface area (Å²) in [7, 11) is 0. The van der Waals surface area contributed by atoms with Crippen LogP contribution in [0.15, 0.2) is 34.7 Å². The van der Waals surface area contributed by atoms with Gasteiger partial charge in [0, 0.05) is 30.8 Å². The van der Waals surface area contributed by atoms with Crippen LogP contribution in [0.4, 0.5) is 0 Å². The average molecular weight is 408 g/mol. The van der Waals surface area contributed by atoms with Gasteiger partial charge in [0.05, 0.1) is 5.69 Å². The summed E-state index contributed by atoms with van der Waals surface area (Å²) in [6.45, 7) is 9.12. The SMILES string of the molecule is Cc1nnc(-c2cc(CCC(C)C)n(-c3cccc(C(=O)N4CCC[C@H]4C)c3)n2)o1. The fourth-order valence-electron chi connectivity index (χ4n) is 3.93. The minimum atomic E-state index is 0.0884. The first-order chi connectivity index (χ1) is 14.4. The van der Waals surface area contributed by atoms with Crippen LogP contribution in [-0.4, -0.2) is 43.4 Å². The monoisotopic (exact) mass is 407 g/mol. The lowest BCUT2D eigenvalue weighted by Crippen LogP contribution is -2.33. The van der Waals surface area contributed by atoms with E-state index in [0.29, 0.717) is 35.0 Å². The Balaban J connectivity index is 1.69. The Kier molecular flexibility index (Phi) is 5.70. The molecule has 1 aliphatic rings. The maximum atomic E-state index is 13.0. The van der Waals surface area contributed by atoms with Gasteiger partial charge in [-0.25, -0.2) is 4.68 Å². The molecule has 7 nitrogen and oxygen atoms in total. The third-order valence-corrected chi connectivity index (χ3v) is 5.66. The van der Waals surface area contributed by atoms with Crippen molar-refractivity contribution < 1.29 is 9.21 Å². The summed E-state index contributed by atoms with van der Waals surface area (Å²) < 4.78 is 7.49. The molecular weight excluding hydrogens is 378 g/mol. The number of amides is 1. The van der Waals surface area contributed by atoms with Gasteiger partial charge in [0.15, 0.2) is 0 Å². The Bertz CT molecular complexity index is 1040. The lowest BCUT2D eigenvalue weighted by molar-refractivity contribution is 0.0747. The number of nitrogens with zero attached hydrogens (tertiary/aromatic N) is 5. The quantitative estimate of drug-likeness (QED) is 0.603. The van der Waals surface area contributed by atoms with Crippen LogP contribution in [0.5, 0.6) is 0 Å². The Morgan fingerprint density at radius 3 is 2.77 bits per heavy atom. The van der Waals surface area contributed by atoms with Crippen molar-refractivity contribution in [2.75, 3.05) is 6.54 Å². The normalized spacial score (nSPS) is 16.6. The second-order valence-corrected chi connectivity index (χ2v) is 8.53. The molecule has 0 aliphatic carbocycles. The van der Waals surface area contributed by atoms with Gasteiger partial charge in [-0.3, -0.25) is 4.79 Å². The van der Waals surface area contributed by atoms with Gasteiger partial charge in [0.2, 0.25) is 5.89 Å². The van der Waals surface area contributed by atoms with Crippen LogP contribution in [0, 0.1) is 12.8 Å². The van der Waals surface area contributed by atoms with Gasteiger partial charge in [0.25, 0.3) is 11.8 Å². The van der Waals surface area contributed by atoms with E-state index in [1.165, 1.54) is 0 Å². The van der Waals surface area contributed by atoms with Crippen molar-refractivity contribution in [2.45, 2.75) is 59.4 Å². The van der Waals surface area contributed by atoms with E-state index in [0.717, 1.165) is 43.6 Å². The molecule has 2 aromatic heterocycles. The molecule has 0 saturated carbocycles. The fourth-order valence-corrected chi connectivity index (χ4v) is 3.93. The maximum Gasteiger partial charge on any atom is 0.268 e. The first-order valence-electron chi connectivity index (χ1n) is 10.7. The lowest BCUT2D eigenvalue weighted by atomic mass is 10.1. The average Bonchev–Trinajstić information content (AvgIpc) is 3.45. The molecule has 1 saturated heterocycles. The molecular formula is C23H29N5O2. The Hall–Kier alpha value is -2.96. The van der Waals surface area contributed by atoms with Crippen LogP contribution in [-0.2, 0) is 6.42 Å². The van der Waals surface area contributed by atoms with E-state index < -0.39 is 0 Å². The zero-order chi connectivity index (χ0) is 21.3. The van der Waals surface area contributed by atoms with E-state index >= 15 is 0 Å². The number of rotatable bonds is 6. The van der Waals surface area contributed by atoms with Crippen LogP contribution in [0.1, 0.15) is 62.0 Å². The molecule has 1 aromatic carbocycles. The van der Waals surface area contributed by atoms with Crippen LogP contribution in [0.25, 0.3) is 17.3 Å². The van der Waals surface area contributed by atoms with Crippen molar-refractivity contribution in [1.29, 1.82) is 0 Å². The third-order valence-electron chi connectivity index (χ3n) is 5.66. The predicted molar refractivity (Wildman–Crippen MR) is 114 cm³/mol. The van der Waals surface area contributed by atoms with Crippen LogP contribution in [0.3, 0.4) is 0 Å². The molecule has 1 atom stereocenters. The largest absolute Gasteiger partial charge is 0.420 e. The molecule has 0 radical (unpaired) electrons. The number of likely N-dealkylation sites (tertiary alicyclic amines) is 1. The molecule has 0 spiro atoms. The molecule has 3 heterocycles. The molecule has 0 bridgehead atoms.